The Morgan fingerprint density at radius 2 is 2.08 bits per heavy atom. The molecule has 1 aliphatic rings. The zero-order valence-corrected chi connectivity index (χ0v) is 14.0. The normalized spacial score (nSPS) is 14.7. The van der Waals surface area contributed by atoms with E-state index in [9.17, 15) is 9.59 Å². The number of rotatable bonds is 3. The third-order valence-electron chi connectivity index (χ3n) is 3.89. The van der Waals surface area contributed by atoms with Gasteiger partial charge in [0.2, 0.25) is 5.91 Å². The van der Waals surface area contributed by atoms with E-state index in [2.05, 4.69) is 10.3 Å². The van der Waals surface area contributed by atoms with Crippen molar-refractivity contribution in [2.24, 2.45) is 0 Å². The molecule has 1 saturated heterocycles. The molecule has 24 heavy (non-hydrogen) atoms. The summed E-state index contributed by atoms with van der Waals surface area (Å²) in [5.74, 6) is 0.317. The first-order valence-electron chi connectivity index (χ1n) is 7.57. The first-order chi connectivity index (χ1) is 11.6. The van der Waals surface area contributed by atoms with Gasteiger partial charge in [-0.1, -0.05) is 17.7 Å². The molecule has 7 heteroatoms. The van der Waals surface area contributed by atoms with Gasteiger partial charge >= 0.3 is 0 Å². The molecule has 124 valence electrons. The van der Waals surface area contributed by atoms with E-state index in [-0.39, 0.29) is 18.4 Å². The zero-order valence-electron chi connectivity index (χ0n) is 13.2. The number of carbonyl (C=O) groups excluding carboxylic acids is 2. The first-order valence-corrected chi connectivity index (χ1v) is 7.95. The van der Waals surface area contributed by atoms with E-state index in [1.54, 1.807) is 53.4 Å². The Labute approximate surface area is 145 Å². The molecule has 1 fully saturated rings. The maximum atomic E-state index is 12.6. The highest BCUT2D eigenvalue weighted by Crippen LogP contribution is 2.22. The van der Waals surface area contributed by atoms with Crippen LogP contribution in [0.15, 0.2) is 42.6 Å². The van der Waals surface area contributed by atoms with E-state index < -0.39 is 0 Å². The van der Waals surface area contributed by atoms with Gasteiger partial charge in [-0.25, -0.2) is 4.98 Å². The van der Waals surface area contributed by atoms with Crippen LogP contribution in [0.25, 0.3) is 0 Å². The Morgan fingerprint density at radius 1 is 1.25 bits per heavy atom. The van der Waals surface area contributed by atoms with Gasteiger partial charge in [0.25, 0.3) is 5.91 Å². The average molecular weight is 345 g/mol. The highest BCUT2D eigenvalue weighted by Gasteiger charge is 2.28. The highest BCUT2D eigenvalue weighted by molar-refractivity contribution is 6.30. The largest absolute Gasteiger partial charge is 0.373 e. The van der Waals surface area contributed by atoms with Crippen molar-refractivity contribution in [1.82, 2.24) is 9.88 Å². The summed E-state index contributed by atoms with van der Waals surface area (Å²) in [6.45, 7) is 0.950. The van der Waals surface area contributed by atoms with E-state index in [4.69, 9.17) is 11.6 Å². The number of pyridine rings is 1. The van der Waals surface area contributed by atoms with Gasteiger partial charge in [0.05, 0.1) is 0 Å². The van der Waals surface area contributed by atoms with Gasteiger partial charge in [-0.05, 0) is 30.3 Å². The molecule has 1 aliphatic heterocycles. The third-order valence-corrected chi connectivity index (χ3v) is 4.13. The molecule has 6 nitrogen and oxygen atoms in total. The minimum absolute atomic E-state index is 0.0442. The molecule has 0 unspecified atom stereocenters. The molecular weight excluding hydrogens is 328 g/mol. The lowest BCUT2D eigenvalue weighted by molar-refractivity contribution is -0.120. The molecule has 0 spiro atoms. The molecule has 0 atom stereocenters. The zero-order chi connectivity index (χ0) is 17.1. The molecule has 1 aromatic heterocycles. The van der Waals surface area contributed by atoms with Gasteiger partial charge in [0.15, 0.2) is 0 Å². The molecular formula is C17H17ClN4O2. The number of anilines is 2. The fourth-order valence-electron chi connectivity index (χ4n) is 2.65. The van der Waals surface area contributed by atoms with E-state index in [0.29, 0.717) is 29.5 Å². The van der Waals surface area contributed by atoms with Crippen molar-refractivity contribution in [3.05, 3.63) is 53.2 Å². The van der Waals surface area contributed by atoms with Crippen LogP contribution in [0.3, 0.4) is 0 Å². The van der Waals surface area contributed by atoms with Crippen molar-refractivity contribution in [1.29, 1.82) is 0 Å². The predicted molar refractivity (Wildman–Crippen MR) is 93.5 cm³/mol. The second-order valence-electron chi connectivity index (χ2n) is 5.43. The molecule has 2 aromatic rings. The minimum atomic E-state index is -0.173. The molecule has 2 heterocycles. The number of hydrogen-bond donors (Lipinski definition) is 1. The SMILES string of the molecule is CNc1cc(C(=O)N2CCN(c3cccc(Cl)c3)C(=O)C2)ccn1. The quantitative estimate of drug-likeness (QED) is 0.927. The number of halogens is 1. The van der Waals surface area contributed by atoms with Gasteiger partial charge in [-0.2, -0.15) is 0 Å². The predicted octanol–water partition coefficient (Wildman–Crippen LogP) is 2.27. The Morgan fingerprint density at radius 3 is 2.79 bits per heavy atom. The lowest BCUT2D eigenvalue weighted by Gasteiger charge is -2.34. The summed E-state index contributed by atoms with van der Waals surface area (Å²) in [4.78, 5) is 32.3. The van der Waals surface area contributed by atoms with Gasteiger partial charge in [-0.3, -0.25) is 9.59 Å². The van der Waals surface area contributed by atoms with Crippen molar-refractivity contribution in [2.75, 3.05) is 36.9 Å². The van der Waals surface area contributed by atoms with Crippen molar-refractivity contribution >= 4 is 34.9 Å². The molecule has 1 N–H and O–H groups in total. The Balaban J connectivity index is 1.73. The fourth-order valence-corrected chi connectivity index (χ4v) is 2.83. The van der Waals surface area contributed by atoms with Gasteiger partial charge in [0, 0.05) is 42.6 Å². The van der Waals surface area contributed by atoms with Crippen LogP contribution in [0.1, 0.15) is 10.4 Å². The standard InChI is InChI=1S/C17H17ClN4O2/c1-19-15-9-12(5-6-20-15)17(24)21-7-8-22(16(23)11-21)14-4-2-3-13(18)10-14/h2-6,9-10H,7-8,11H2,1H3,(H,19,20). The van der Waals surface area contributed by atoms with E-state index in [1.165, 1.54) is 0 Å². The fraction of sp³-hybridized carbons (Fsp3) is 0.235. The summed E-state index contributed by atoms with van der Waals surface area (Å²) < 4.78 is 0. The summed E-state index contributed by atoms with van der Waals surface area (Å²) in [7, 11) is 1.74. The van der Waals surface area contributed by atoms with Crippen LogP contribution in [0, 0.1) is 0 Å². The molecule has 1 aromatic carbocycles. The van der Waals surface area contributed by atoms with Crippen molar-refractivity contribution < 1.29 is 9.59 Å². The van der Waals surface area contributed by atoms with Gasteiger partial charge in [0.1, 0.15) is 12.4 Å². The number of nitrogens with zero attached hydrogens (tertiary/aromatic N) is 3. The van der Waals surface area contributed by atoms with Crippen LogP contribution in [-0.4, -0.2) is 48.4 Å². The number of aromatic nitrogens is 1. The smallest absolute Gasteiger partial charge is 0.254 e. The summed E-state index contributed by atoms with van der Waals surface area (Å²) >= 11 is 5.99. The maximum Gasteiger partial charge on any atom is 0.254 e. The number of carbonyl (C=O) groups is 2. The summed E-state index contributed by atoms with van der Waals surface area (Å²) in [6.07, 6.45) is 1.57. The minimum Gasteiger partial charge on any atom is -0.373 e. The number of hydrogen-bond acceptors (Lipinski definition) is 4. The van der Waals surface area contributed by atoms with E-state index in [0.717, 1.165) is 5.69 Å². The summed E-state index contributed by atoms with van der Waals surface area (Å²) in [5.41, 5.74) is 1.26. The lowest BCUT2D eigenvalue weighted by atomic mass is 10.2. The number of piperazine rings is 1. The lowest BCUT2D eigenvalue weighted by Crippen LogP contribution is -2.52. The van der Waals surface area contributed by atoms with Gasteiger partial charge in [-0.15, -0.1) is 0 Å². The Hall–Kier alpha value is -2.60. The van der Waals surface area contributed by atoms with Crippen LogP contribution in [0.5, 0.6) is 0 Å². The molecule has 2 amide bonds. The van der Waals surface area contributed by atoms with Crippen molar-refractivity contribution in [3.63, 3.8) is 0 Å². The molecule has 0 saturated carbocycles. The van der Waals surface area contributed by atoms with E-state index in [1.807, 2.05) is 6.07 Å². The van der Waals surface area contributed by atoms with Gasteiger partial charge < -0.3 is 15.1 Å². The number of nitrogens with one attached hydrogen (secondary N) is 1. The second kappa shape index (κ2) is 6.88. The highest BCUT2D eigenvalue weighted by atomic mass is 35.5. The Bertz CT molecular complexity index is 781. The maximum absolute atomic E-state index is 12.6. The van der Waals surface area contributed by atoms with Crippen molar-refractivity contribution in [3.8, 4) is 0 Å². The second-order valence-corrected chi connectivity index (χ2v) is 5.87. The van der Waals surface area contributed by atoms with Crippen LogP contribution in [0.2, 0.25) is 5.02 Å². The van der Waals surface area contributed by atoms with E-state index >= 15 is 0 Å². The average Bonchev–Trinajstić information content (AvgIpc) is 2.61. The summed E-state index contributed by atoms with van der Waals surface area (Å²) in [5, 5.41) is 3.48. The molecule has 3 rings (SSSR count). The Kier molecular flexibility index (Phi) is 4.66. The first kappa shape index (κ1) is 16.3. The number of benzene rings is 1. The van der Waals surface area contributed by atoms with Crippen molar-refractivity contribution in [2.45, 2.75) is 0 Å². The van der Waals surface area contributed by atoms with Crippen LogP contribution in [-0.2, 0) is 4.79 Å². The monoisotopic (exact) mass is 344 g/mol. The molecule has 0 aliphatic carbocycles. The number of amides is 2. The third kappa shape index (κ3) is 3.33. The summed E-state index contributed by atoms with van der Waals surface area (Å²) in [6, 6.07) is 10.5. The molecule has 0 radical (unpaired) electrons. The molecule has 0 bridgehead atoms. The van der Waals surface area contributed by atoms with Crippen LogP contribution < -0.4 is 10.2 Å². The topological polar surface area (TPSA) is 65.5 Å². The van der Waals surface area contributed by atoms with Crippen LogP contribution in [0.4, 0.5) is 11.5 Å². The van der Waals surface area contributed by atoms with Crippen LogP contribution >= 0.6 is 11.6 Å².